The van der Waals surface area contributed by atoms with Gasteiger partial charge >= 0.3 is 0 Å². The van der Waals surface area contributed by atoms with Crippen molar-refractivity contribution in [3.8, 4) is 0 Å². The van der Waals surface area contributed by atoms with E-state index in [-0.39, 0.29) is 5.56 Å². The molecule has 5 atom stereocenters. The molecule has 0 unspecified atom stereocenters. The van der Waals surface area contributed by atoms with Crippen molar-refractivity contribution < 1.29 is 0 Å². The molecule has 120 valence electrons. The van der Waals surface area contributed by atoms with Crippen LogP contribution in [0.1, 0.15) is 44.9 Å². The van der Waals surface area contributed by atoms with Gasteiger partial charge in [-0.15, -0.1) is 0 Å². The minimum atomic E-state index is 0.121. The number of hydrogen-bond acceptors (Lipinski definition) is 2. The first-order chi connectivity index (χ1) is 10.8. The largest absolute Gasteiger partial charge is 0.316 e. The van der Waals surface area contributed by atoms with Gasteiger partial charge in [-0.1, -0.05) is 12.5 Å². The molecule has 0 saturated heterocycles. The standard InChI is InChI=1S/C19H28N2O/c22-19-8-1-3-10-21(19)11-4-2-9-20-18-13-14-12-17(18)16-7-5-6-15(14)16/h1,3,8,10,14-18,20H,2,4-7,9,11-13H2/t14-,15+,16+,17+,18-/m1/s1. The van der Waals surface area contributed by atoms with Crippen LogP contribution in [-0.2, 0) is 6.54 Å². The highest BCUT2D eigenvalue weighted by Gasteiger charge is 2.53. The van der Waals surface area contributed by atoms with Crippen molar-refractivity contribution in [2.75, 3.05) is 6.54 Å². The highest BCUT2D eigenvalue weighted by Crippen LogP contribution is 2.58. The van der Waals surface area contributed by atoms with Crippen molar-refractivity contribution in [1.29, 1.82) is 0 Å². The van der Waals surface area contributed by atoms with E-state index in [0.29, 0.717) is 0 Å². The molecular weight excluding hydrogens is 272 g/mol. The van der Waals surface area contributed by atoms with Gasteiger partial charge in [0.15, 0.2) is 0 Å². The van der Waals surface area contributed by atoms with E-state index in [0.717, 1.165) is 49.2 Å². The van der Waals surface area contributed by atoms with Gasteiger partial charge in [-0.3, -0.25) is 4.79 Å². The van der Waals surface area contributed by atoms with Crippen molar-refractivity contribution in [3.63, 3.8) is 0 Å². The van der Waals surface area contributed by atoms with Gasteiger partial charge in [0.25, 0.3) is 0 Å². The Kier molecular flexibility index (Phi) is 4.08. The zero-order valence-electron chi connectivity index (χ0n) is 13.4. The number of aryl methyl sites for hydroxylation is 1. The molecule has 0 spiro atoms. The SMILES string of the molecule is O=c1ccccn1CCCCN[C@@H]1C[C@H]2C[C@H]1[C@H]1CCC[C@@H]21. The Morgan fingerprint density at radius 2 is 2.00 bits per heavy atom. The predicted molar refractivity (Wildman–Crippen MR) is 88.8 cm³/mol. The molecule has 0 aliphatic heterocycles. The fourth-order valence-corrected chi connectivity index (χ4v) is 5.64. The lowest BCUT2D eigenvalue weighted by atomic mass is 9.79. The van der Waals surface area contributed by atoms with Crippen molar-refractivity contribution in [2.24, 2.45) is 23.7 Å². The molecule has 3 nitrogen and oxygen atoms in total. The van der Waals surface area contributed by atoms with E-state index < -0.39 is 0 Å². The van der Waals surface area contributed by atoms with Crippen LogP contribution in [0.2, 0.25) is 0 Å². The molecule has 1 heterocycles. The first kappa shape index (κ1) is 14.5. The second-order valence-electron chi connectivity index (χ2n) is 7.65. The van der Waals surface area contributed by atoms with Crippen molar-refractivity contribution in [1.82, 2.24) is 9.88 Å². The summed E-state index contributed by atoms with van der Waals surface area (Å²) in [5.41, 5.74) is 0.121. The van der Waals surface area contributed by atoms with E-state index in [1.54, 1.807) is 6.07 Å². The summed E-state index contributed by atoms with van der Waals surface area (Å²) in [4.78, 5) is 11.6. The Balaban J connectivity index is 1.19. The van der Waals surface area contributed by atoms with Crippen LogP contribution >= 0.6 is 0 Å². The Morgan fingerprint density at radius 3 is 2.91 bits per heavy atom. The zero-order valence-corrected chi connectivity index (χ0v) is 13.4. The third-order valence-electron chi connectivity index (χ3n) is 6.56. The Labute approximate surface area is 133 Å². The molecule has 0 radical (unpaired) electrons. The summed E-state index contributed by atoms with van der Waals surface area (Å²) < 4.78 is 1.82. The molecule has 3 aliphatic rings. The first-order valence-electron chi connectivity index (χ1n) is 9.22. The van der Waals surface area contributed by atoms with E-state index >= 15 is 0 Å². The average Bonchev–Trinajstić information content (AvgIpc) is 3.21. The van der Waals surface area contributed by atoms with E-state index in [4.69, 9.17) is 0 Å². The van der Waals surface area contributed by atoms with Crippen LogP contribution in [0.3, 0.4) is 0 Å². The van der Waals surface area contributed by atoms with E-state index in [1.807, 2.05) is 22.9 Å². The molecular formula is C19H28N2O. The lowest BCUT2D eigenvalue weighted by Crippen LogP contribution is -2.39. The lowest BCUT2D eigenvalue weighted by molar-refractivity contribution is 0.208. The normalized spacial score (nSPS) is 35.9. The van der Waals surface area contributed by atoms with Crippen LogP contribution in [-0.4, -0.2) is 17.2 Å². The van der Waals surface area contributed by atoms with Gasteiger partial charge in [-0.2, -0.15) is 0 Å². The molecule has 1 aromatic rings. The molecule has 22 heavy (non-hydrogen) atoms. The van der Waals surface area contributed by atoms with Gasteiger partial charge in [0.05, 0.1) is 0 Å². The fourth-order valence-electron chi connectivity index (χ4n) is 5.64. The summed E-state index contributed by atoms with van der Waals surface area (Å²) in [5.74, 6) is 4.17. The summed E-state index contributed by atoms with van der Waals surface area (Å²) in [6.07, 6.45) is 11.6. The van der Waals surface area contributed by atoms with Crippen LogP contribution in [0.15, 0.2) is 29.2 Å². The molecule has 3 heteroatoms. The Hall–Kier alpha value is -1.09. The quantitative estimate of drug-likeness (QED) is 0.819. The van der Waals surface area contributed by atoms with Gasteiger partial charge in [-0.25, -0.2) is 0 Å². The molecule has 3 saturated carbocycles. The minimum Gasteiger partial charge on any atom is -0.316 e. The third-order valence-corrected chi connectivity index (χ3v) is 6.56. The maximum Gasteiger partial charge on any atom is 0.250 e. The second kappa shape index (κ2) is 6.19. The maximum atomic E-state index is 11.6. The highest BCUT2D eigenvalue weighted by molar-refractivity contribution is 5.05. The summed E-state index contributed by atoms with van der Waals surface area (Å²) in [5, 5.41) is 3.84. The number of hydrogen-bond donors (Lipinski definition) is 1. The van der Waals surface area contributed by atoms with Gasteiger partial charge in [0.1, 0.15) is 0 Å². The number of nitrogens with one attached hydrogen (secondary N) is 1. The van der Waals surface area contributed by atoms with Gasteiger partial charge in [0.2, 0.25) is 5.56 Å². The maximum absolute atomic E-state index is 11.6. The minimum absolute atomic E-state index is 0.121. The molecule has 4 rings (SSSR count). The molecule has 3 fully saturated rings. The molecule has 0 aromatic carbocycles. The van der Waals surface area contributed by atoms with Crippen LogP contribution in [0.5, 0.6) is 0 Å². The Bertz CT molecular complexity index is 567. The number of rotatable bonds is 6. The summed E-state index contributed by atoms with van der Waals surface area (Å²) in [7, 11) is 0. The predicted octanol–water partition coefficient (Wildman–Crippen LogP) is 3.04. The molecule has 1 aromatic heterocycles. The van der Waals surface area contributed by atoms with Crippen LogP contribution < -0.4 is 10.9 Å². The molecule has 1 N–H and O–H groups in total. The van der Waals surface area contributed by atoms with Crippen LogP contribution in [0.4, 0.5) is 0 Å². The molecule has 3 aliphatic carbocycles. The smallest absolute Gasteiger partial charge is 0.250 e. The average molecular weight is 300 g/mol. The van der Waals surface area contributed by atoms with Crippen LogP contribution in [0, 0.1) is 23.7 Å². The summed E-state index contributed by atoms with van der Waals surface area (Å²) >= 11 is 0. The monoisotopic (exact) mass is 300 g/mol. The van der Waals surface area contributed by atoms with Gasteiger partial charge in [0, 0.05) is 24.8 Å². The van der Waals surface area contributed by atoms with Gasteiger partial charge in [-0.05, 0) is 74.8 Å². The number of unbranched alkanes of at least 4 members (excludes halogenated alkanes) is 1. The highest BCUT2D eigenvalue weighted by atomic mass is 16.1. The van der Waals surface area contributed by atoms with E-state index in [2.05, 4.69) is 5.32 Å². The number of aromatic nitrogens is 1. The van der Waals surface area contributed by atoms with E-state index in [9.17, 15) is 4.79 Å². The van der Waals surface area contributed by atoms with E-state index in [1.165, 1.54) is 38.5 Å². The Morgan fingerprint density at radius 1 is 1.09 bits per heavy atom. The van der Waals surface area contributed by atoms with Crippen molar-refractivity contribution in [2.45, 2.75) is 57.5 Å². The number of nitrogens with zero attached hydrogens (tertiary/aromatic N) is 1. The summed E-state index contributed by atoms with van der Waals surface area (Å²) in [6.45, 7) is 1.97. The topological polar surface area (TPSA) is 34.0 Å². The second-order valence-corrected chi connectivity index (χ2v) is 7.65. The first-order valence-corrected chi connectivity index (χ1v) is 9.22. The molecule has 0 amide bonds. The summed E-state index contributed by atoms with van der Waals surface area (Å²) in [6, 6.07) is 6.19. The van der Waals surface area contributed by atoms with Crippen molar-refractivity contribution >= 4 is 0 Å². The molecule has 2 bridgehead atoms. The fraction of sp³-hybridized carbons (Fsp3) is 0.737. The number of fused-ring (bicyclic) bond motifs is 5. The lowest BCUT2D eigenvalue weighted by Gasteiger charge is -2.32. The van der Waals surface area contributed by atoms with Crippen LogP contribution in [0.25, 0.3) is 0 Å². The zero-order chi connectivity index (χ0) is 14.9. The third kappa shape index (κ3) is 2.64. The van der Waals surface area contributed by atoms with Crippen molar-refractivity contribution in [3.05, 3.63) is 34.7 Å². The van der Waals surface area contributed by atoms with Gasteiger partial charge < -0.3 is 9.88 Å². The number of pyridine rings is 1.